The van der Waals surface area contributed by atoms with E-state index in [-0.39, 0.29) is 23.9 Å². The van der Waals surface area contributed by atoms with Gasteiger partial charge in [0.2, 0.25) is 5.76 Å². The van der Waals surface area contributed by atoms with Gasteiger partial charge >= 0.3 is 12.0 Å². The van der Waals surface area contributed by atoms with Crippen molar-refractivity contribution in [3.63, 3.8) is 0 Å². The van der Waals surface area contributed by atoms with Crippen LogP contribution in [0, 0.1) is 0 Å². The summed E-state index contributed by atoms with van der Waals surface area (Å²) in [5.41, 5.74) is -0.124. The third-order valence-electron chi connectivity index (χ3n) is 3.72. The highest BCUT2D eigenvalue weighted by Gasteiger charge is 2.36. The van der Waals surface area contributed by atoms with E-state index >= 15 is 0 Å². The zero-order chi connectivity index (χ0) is 14.9. The Morgan fingerprint density at radius 1 is 1.45 bits per heavy atom. The predicted molar refractivity (Wildman–Crippen MR) is 72.5 cm³/mol. The lowest BCUT2D eigenvalue weighted by molar-refractivity contribution is 0.0659. The van der Waals surface area contributed by atoms with E-state index in [2.05, 4.69) is 13.8 Å². The molecule has 0 atom stereocenters. The molecule has 0 radical (unpaired) electrons. The Hall–Kier alpha value is -1.98. The molecule has 0 aromatic carbocycles. The lowest BCUT2D eigenvalue weighted by Crippen LogP contribution is -2.48. The number of aromatic carboxylic acids is 1. The molecule has 0 aliphatic carbocycles. The van der Waals surface area contributed by atoms with Gasteiger partial charge in [-0.2, -0.15) is 0 Å². The van der Waals surface area contributed by atoms with Crippen molar-refractivity contribution < 1.29 is 19.1 Å². The Balaban J connectivity index is 2.02. The summed E-state index contributed by atoms with van der Waals surface area (Å²) in [6, 6.07) is 2.93. The number of amides is 2. The second-order valence-electron chi connectivity index (χ2n) is 5.78. The minimum absolute atomic E-state index is 0.0548. The van der Waals surface area contributed by atoms with Crippen LogP contribution in [0.3, 0.4) is 0 Å². The highest BCUT2D eigenvalue weighted by Crippen LogP contribution is 2.29. The number of hydrogen-bond donors (Lipinski definition) is 1. The van der Waals surface area contributed by atoms with Gasteiger partial charge in [0.1, 0.15) is 5.76 Å². The molecule has 1 N–H and O–H groups in total. The van der Waals surface area contributed by atoms with Gasteiger partial charge in [0.25, 0.3) is 0 Å². The van der Waals surface area contributed by atoms with Crippen LogP contribution in [0.2, 0.25) is 0 Å². The van der Waals surface area contributed by atoms with Gasteiger partial charge in [-0.05, 0) is 38.8 Å². The maximum absolute atomic E-state index is 12.4. The average molecular weight is 280 g/mol. The molecule has 1 fully saturated rings. The molecule has 1 aromatic rings. The summed E-state index contributed by atoms with van der Waals surface area (Å²) in [5.74, 6) is -0.747. The summed E-state index contributed by atoms with van der Waals surface area (Å²) < 4.78 is 5.17. The molecule has 1 aliphatic heterocycles. The third-order valence-corrected chi connectivity index (χ3v) is 3.72. The first-order valence-electron chi connectivity index (χ1n) is 6.66. The summed E-state index contributed by atoms with van der Waals surface area (Å²) in [4.78, 5) is 26.6. The van der Waals surface area contributed by atoms with Crippen LogP contribution in [0.4, 0.5) is 4.79 Å². The van der Waals surface area contributed by atoms with E-state index in [9.17, 15) is 9.59 Å². The SMILES string of the molecule is CN(Cc1ccc(C(=O)O)o1)C(=O)N1CCCC1(C)C. The second-order valence-corrected chi connectivity index (χ2v) is 5.78. The molecule has 2 heterocycles. The van der Waals surface area contributed by atoms with E-state index in [1.807, 2.05) is 4.90 Å². The molecule has 1 aromatic heterocycles. The van der Waals surface area contributed by atoms with E-state index in [4.69, 9.17) is 9.52 Å². The number of carboxylic acid groups (broad SMARTS) is 1. The second kappa shape index (κ2) is 5.19. The molecule has 1 aliphatic rings. The van der Waals surface area contributed by atoms with Crippen LogP contribution in [-0.4, -0.2) is 46.0 Å². The fraction of sp³-hybridized carbons (Fsp3) is 0.571. The molecular weight excluding hydrogens is 260 g/mol. The number of carbonyl (C=O) groups excluding carboxylic acids is 1. The molecule has 20 heavy (non-hydrogen) atoms. The average Bonchev–Trinajstić information content (AvgIpc) is 2.94. The minimum atomic E-state index is -1.11. The number of urea groups is 1. The maximum Gasteiger partial charge on any atom is 0.371 e. The number of rotatable bonds is 3. The molecular formula is C14H20N2O4. The summed E-state index contributed by atoms with van der Waals surface area (Å²) in [6.45, 7) is 5.13. The first-order valence-corrected chi connectivity index (χ1v) is 6.66. The van der Waals surface area contributed by atoms with Gasteiger partial charge in [-0.25, -0.2) is 9.59 Å². The monoisotopic (exact) mass is 280 g/mol. The quantitative estimate of drug-likeness (QED) is 0.922. The van der Waals surface area contributed by atoms with Crippen molar-refractivity contribution in [3.8, 4) is 0 Å². The van der Waals surface area contributed by atoms with Crippen LogP contribution in [-0.2, 0) is 6.54 Å². The van der Waals surface area contributed by atoms with Gasteiger partial charge in [-0.3, -0.25) is 0 Å². The topological polar surface area (TPSA) is 74.0 Å². The van der Waals surface area contributed by atoms with Crippen molar-refractivity contribution in [2.45, 2.75) is 38.8 Å². The van der Waals surface area contributed by atoms with Crippen molar-refractivity contribution in [2.75, 3.05) is 13.6 Å². The summed E-state index contributed by atoms with van der Waals surface area (Å²) >= 11 is 0. The Bertz CT molecular complexity index is 521. The molecule has 0 spiro atoms. The molecule has 0 saturated carbocycles. The summed E-state index contributed by atoms with van der Waals surface area (Å²) in [5, 5.41) is 8.80. The van der Waals surface area contributed by atoms with Crippen LogP contribution in [0.5, 0.6) is 0 Å². The van der Waals surface area contributed by atoms with Crippen LogP contribution in [0.1, 0.15) is 43.0 Å². The number of carbonyl (C=O) groups is 2. The van der Waals surface area contributed by atoms with Crippen molar-refractivity contribution in [1.82, 2.24) is 9.80 Å². The van der Waals surface area contributed by atoms with E-state index in [0.717, 1.165) is 19.4 Å². The smallest absolute Gasteiger partial charge is 0.371 e. The van der Waals surface area contributed by atoms with Gasteiger partial charge in [0, 0.05) is 19.1 Å². The van der Waals surface area contributed by atoms with Gasteiger partial charge in [-0.15, -0.1) is 0 Å². The molecule has 1 saturated heterocycles. The Morgan fingerprint density at radius 3 is 2.65 bits per heavy atom. The number of nitrogens with zero attached hydrogens (tertiary/aromatic N) is 2. The molecule has 6 heteroatoms. The Labute approximate surface area is 118 Å². The Kier molecular flexibility index (Phi) is 3.74. The number of furan rings is 1. The first-order chi connectivity index (χ1) is 9.31. The lowest BCUT2D eigenvalue weighted by atomic mass is 10.0. The van der Waals surface area contributed by atoms with E-state index in [1.165, 1.54) is 6.07 Å². The fourth-order valence-corrected chi connectivity index (χ4v) is 2.55. The normalized spacial score (nSPS) is 17.2. The van der Waals surface area contributed by atoms with Crippen molar-refractivity contribution in [1.29, 1.82) is 0 Å². The van der Waals surface area contributed by atoms with Gasteiger partial charge in [0.15, 0.2) is 0 Å². The van der Waals surface area contributed by atoms with E-state index < -0.39 is 5.97 Å². The molecule has 6 nitrogen and oxygen atoms in total. The number of carboxylic acids is 1. The van der Waals surface area contributed by atoms with E-state index in [0.29, 0.717) is 5.76 Å². The van der Waals surface area contributed by atoms with Gasteiger partial charge < -0.3 is 19.3 Å². The van der Waals surface area contributed by atoms with Crippen molar-refractivity contribution >= 4 is 12.0 Å². The van der Waals surface area contributed by atoms with E-state index in [1.54, 1.807) is 18.0 Å². The van der Waals surface area contributed by atoms with Crippen LogP contribution >= 0.6 is 0 Å². The van der Waals surface area contributed by atoms with Crippen LogP contribution in [0.15, 0.2) is 16.5 Å². The fourth-order valence-electron chi connectivity index (χ4n) is 2.55. The first kappa shape index (κ1) is 14.4. The predicted octanol–water partition coefficient (Wildman–Crippen LogP) is 2.40. The van der Waals surface area contributed by atoms with Crippen molar-refractivity contribution in [3.05, 3.63) is 23.7 Å². The number of hydrogen-bond acceptors (Lipinski definition) is 3. The van der Waals surface area contributed by atoms with Gasteiger partial charge in [0.05, 0.1) is 6.54 Å². The number of likely N-dealkylation sites (tertiary alicyclic amines) is 1. The highest BCUT2D eigenvalue weighted by atomic mass is 16.4. The largest absolute Gasteiger partial charge is 0.475 e. The molecule has 0 bridgehead atoms. The zero-order valence-corrected chi connectivity index (χ0v) is 12.0. The van der Waals surface area contributed by atoms with Crippen LogP contribution in [0.25, 0.3) is 0 Å². The van der Waals surface area contributed by atoms with Crippen LogP contribution < -0.4 is 0 Å². The third kappa shape index (κ3) is 2.79. The molecule has 110 valence electrons. The highest BCUT2D eigenvalue weighted by molar-refractivity contribution is 5.84. The Morgan fingerprint density at radius 2 is 2.15 bits per heavy atom. The minimum Gasteiger partial charge on any atom is -0.475 e. The van der Waals surface area contributed by atoms with Crippen molar-refractivity contribution in [2.24, 2.45) is 0 Å². The summed E-state index contributed by atoms with van der Waals surface area (Å²) in [6.07, 6.45) is 2.01. The summed E-state index contributed by atoms with van der Waals surface area (Å²) in [7, 11) is 1.69. The standard InChI is InChI=1S/C14H20N2O4/c1-14(2)7-4-8-16(14)13(19)15(3)9-10-5-6-11(20-10)12(17)18/h5-6H,4,7-9H2,1-3H3,(H,17,18). The zero-order valence-electron chi connectivity index (χ0n) is 12.0. The van der Waals surface area contributed by atoms with Gasteiger partial charge in [-0.1, -0.05) is 0 Å². The molecule has 2 amide bonds. The maximum atomic E-state index is 12.4. The molecule has 0 unspecified atom stereocenters. The molecule has 2 rings (SSSR count). The lowest BCUT2D eigenvalue weighted by Gasteiger charge is -2.34.